The van der Waals surface area contributed by atoms with Crippen molar-refractivity contribution >= 4 is 17.6 Å². The Balaban J connectivity index is 1.54. The zero-order valence-electron chi connectivity index (χ0n) is 17.0. The SMILES string of the molecule is COc1ccc(-c2n[nH]c(CNC(=O)c3ccc(NC(=O)NC(C)C)cc3)n2)cc1. The standard InChI is InChI=1S/C21H24N6O3/c1-13(2)23-21(29)24-16-8-4-15(5-9-16)20(28)22-12-18-25-19(27-26-18)14-6-10-17(30-3)11-7-14/h4-11,13H,12H2,1-3H3,(H,22,28)(H2,23,24,29)(H,25,26,27). The number of hydrogen-bond acceptors (Lipinski definition) is 5. The number of rotatable bonds is 7. The van der Waals surface area contributed by atoms with Crippen LogP contribution in [0.1, 0.15) is 30.0 Å². The van der Waals surface area contributed by atoms with Crippen LogP contribution in [0.25, 0.3) is 11.4 Å². The molecule has 0 saturated carbocycles. The molecule has 2 aromatic carbocycles. The van der Waals surface area contributed by atoms with Gasteiger partial charge in [-0.1, -0.05) is 0 Å². The number of nitrogens with zero attached hydrogens (tertiary/aromatic N) is 2. The van der Waals surface area contributed by atoms with Crippen molar-refractivity contribution in [3.8, 4) is 17.1 Å². The van der Waals surface area contributed by atoms with Gasteiger partial charge in [0.2, 0.25) is 0 Å². The number of urea groups is 1. The first kappa shape index (κ1) is 20.8. The highest BCUT2D eigenvalue weighted by molar-refractivity contribution is 5.95. The summed E-state index contributed by atoms with van der Waals surface area (Å²) in [5.41, 5.74) is 1.91. The number of nitrogens with one attached hydrogen (secondary N) is 4. The molecule has 0 aliphatic heterocycles. The van der Waals surface area contributed by atoms with Crippen LogP contribution in [-0.2, 0) is 6.54 Å². The number of carbonyl (C=O) groups excluding carboxylic acids is 2. The molecular formula is C21H24N6O3. The van der Waals surface area contributed by atoms with Gasteiger partial charge in [-0.05, 0) is 62.4 Å². The number of aromatic nitrogens is 3. The monoisotopic (exact) mass is 408 g/mol. The van der Waals surface area contributed by atoms with E-state index in [4.69, 9.17) is 4.74 Å². The lowest BCUT2D eigenvalue weighted by molar-refractivity contribution is 0.0950. The lowest BCUT2D eigenvalue weighted by Gasteiger charge is -2.10. The third-order valence-electron chi connectivity index (χ3n) is 4.12. The molecule has 3 aromatic rings. The predicted molar refractivity (Wildman–Crippen MR) is 113 cm³/mol. The van der Waals surface area contributed by atoms with Crippen molar-refractivity contribution in [3.63, 3.8) is 0 Å². The van der Waals surface area contributed by atoms with Crippen LogP contribution < -0.4 is 20.7 Å². The van der Waals surface area contributed by atoms with Crippen molar-refractivity contribution in [1.29, 1.82) is 0 Å². The number of H-pyrrole nitrogens is 1. The lowest BCUT2D eigenvalue weighted by Crippen LogP contribution is -2.34. The van der Waals surface area contributed by atoms with Crippen LogP contribution in [0.4, 0.5) is 10.5 Å². The zero-order valence-corrected chi connectivity index (χ0v) is 17.0. The Hall–Kier alpha value is -3.88. The average molecular weight is 408 g/mol. The number of hydrogen-bond donors (Lipinski definition) is 4. The summed E-state index contributed by atoms with van der Waals surface area (Å²) in [4.78, 5) is 28.5. The van der Waals surface area contributed by atoms with Gasteiger partial charge < -0.3 is 20.7 Å². The molecule has 0 aliphatic carbocycles. The second-order valence-corrected chi connectivity index (χ2v) is 6.85. The maximum absolute atomic E-state index is 12.4. The lowest BCUT2D eigenvalue weighted by atomic mass is 10.2. The molecule has 3 rings (SSSR count). The Labute approximate surface area is 174 Å². The van der Waals surface area contributed by atoms with Crippen LogP contribution in [0.2, 0.25) is 0 Å². The maximum atomic E-state index is 12.4. The van der Waals surface area contributed by atoms with Crippen molar-refractivity contribution in [3.05, 3.63) is 59.9 Å². The molecule has 3 amide bonds. The van der Waals surface area contributed by atoms with Gasteiger partial charge in [-0.25, -0.2) is 9.78 Å². The molecule has 156 valence electrons. The highest BCUT2D eigenvalue weighted by Gasteiger charge is 2.10. The van der Waals surface area contributed by atoms with Crippen molar-refractivity contribution in [2.24, 2.45) is 0 Å². The van der Waals surface area contributed by atoms with Gasteiger partial charge >= 0.3 is 6.03 Å². The minimum atomic E-state index is -0.291. The van der Waals surface area contributed by atoms with Gasteiger partial charge in [0.1, 0.15) is 11.6 Å². The van der Waals surface area contributed by atoms with E-state index in [0.717, 1.165) is 11.3 Å². The average Bonchev–Trinajstić information content (AvgIpc) is 3.21. The predicted octanol–water partition coefficient (Wildman–Crippen LogP) is 2.94. The van der Waals surface area contributed by atoms with E-state index >= 15 is 0 Å². The van der Waals surface area contributed by atoms with E-state index < -0.39 is 0 Å². The molecule has 4 N–H and O–H groups in total. The summed E-state index contributed by atoms with van der Waals surface area (Å²) in [5.74, 6) is 1.58. The molecule has 0 radical (unpaired) electrons. The van der Waals surface area contributed by atoms with Crippen molar-refractivity contribution < 1.29 is 14.3 Å². The zero-order chi connectivity index (χ0) is 21.5. The van der Waals surface area contributed by atoms with Crippen LogP contribution in [0.15, 0.2) is 48.5 Å². The topological polar surface area (TPSA) is 121 Å². The third kappa shape index (κ3) is 5.57. The van der Waals surface area contributed by atoms with Gasteiger partial charge in [-0.2, -0.15) is 5.10 Å². The molecule has 0 fully saturated rings. The summed E-state index contributed by atoms with van der Waals surface area (Å²) in [6.07, 6.45) is 0. The van der Waals surface area contributed by atoms with Crippen LogP contribution in [0, 0.1) is 0 Å². The van der Waals surface area contributed by atoms with E-state index in [0.29, 0.717) is 22.9 Å². The number of amides is 3. The van der Waals surface area contributed by atoms with E-state index in [-0.39, 0.29) is 24.5 Å². The summed E-state index contributed by atoms with van der Waals surface area (Å²) < 4.78 is 5.14. The Kier molecular flexibility index (Phi) is 6.63. The number of aromatic amines is 1. The quantitative estimate of drug-likeness (QED) is 0.479. The Morgan fingerprint density at radius 3 is 2.40 bits per heavy atom. The fourth-order valence-electron chi connectivity index (χ4n) is 2.64. The highest BCUT2D eigenvalue weighted by Crippen LogP contribution is 2.19. The van der Waals surface area contributed by atoms with Crippen LogP contribution in [-0.4, -0.2) is 40.3 Å². The van der Waals surface area contributed by atoms with Gasteiger partial charge in [0.15, 0.2) is 5.82 Å². The molecule has 0 unspecified atom stereocenters. The van der Waals surface area contributed by atoms with E-state index in [2.05, 4.69) is 31.1 Å². The van der Waals surface area contributed by atoms with Crippen LogP contribution in [0.3, 0.4) is 0 Å². The molecule has 9 heteroatoms. The van der Waals surface area contributed by atoms with E-state index in [1.54, 1.807) is 31.4 Å². The van der Waals surface area contributed by atoms with Gasteiger partial charge in [0, 0.05) is 22.9 Å². The van der Waals surface area contributed by atoms with Crippen LogP contribution in [0.5, 0.6) is 5.75 Å². The first-order valence-electron chi connectivity index (χ1n) is 9.46. The normalized spacial score (nSPS) is 10.5. The molecule has 0 spiro atoms. The molecule has 30 heavy (non-hydrogen) atoms. The van der Waals surface area contributed by atoms with Crippen molar-refractivity contribution in [1.82, 2.24) is 25.8 Å². The maximum Gasteiger partial charge on any atom is 0.319 e. The summed E-state index contributed by atoms with van der Waals surface area (Å²) in [5, 5.41) is 15.2. The Morgan fingerprint density at radius 1 is 1.07 bits per heavy atom. The highest BCUT2D eigenvalue weighted by atomic mass is 16.5. The molecule has 0 saturated heterocycles. The number of methoxy groups -OCH3 is 1. The smallest absolute Gasteiger partial charge is 0.319 e. The minimum Gasteiger partial charge on any atom is -0.497 e. The second-order valence-electron chi connectivity index (χ2n) is 6.85. The number of ether oxygens (including phenoxy) is 1. The van der Waals surface area contributed by atoms with E-state index in [1.165, 1.54) is 0 Å². The fourth-order valence-corrected chi connectivity index (χ4v) is 2.64. The molecule has 0 atom stereocenters. The number of benzene rings is 2. The molecule has 0 aliphatic rings. The summed E-state index contributed by atoms with van der Waals surface area (Å²) in [6, 6.07) is 13.8. The summed E-state index contributed by atoms with van der Waals surface area (Å²) in [6.45, 7) is 3.96. The second kappa shape index (κ2) is 9.55. The van der Waals surface area contributed by atoms with Crippen LogP contribution >= 0.6 is 0 Å². The molecule has 1 heterocycles. The minimum absolute atomic E-state index is 0.0383. The van der Waals surface area contributed by atoms with Gasteiger partial charge in [-0.3, -0.25) is 9.89 Å². The van der Waals surface area contributed by atoms with Gasteiger partial charge in [0.05, 0.1) is 13.7 Å². The first-order valence-corrected chi connectivity index (χ1v) is 9.46. The summed E-state index contributed by atoms with van der Waals surface area (Å²) >= 11 is 0. The van der Waals surface area contributed by atoms with E-state index in [1.807, 2.05) is 38.1 Å². The largest absolute Gasteiger partial charge is 0.497 e. The Morgan fingerprint density at radius 2 is 1.77 bits per heavy atom. The molecule has 1 aromatic heterocycles. The van der Waals surface area contributed by atoms with Gasteiger partial charge in [0.25, 0.3) is 5.91 Å². The molecule has 9 nitrogen and oxygen atoms in total. The fraction of sp³-hybridized carbons (Fsp3) is 0.238. The first-order chi connectivity index (χ1) is 14.4. The molecular weight excluding hydrogens is 384 g/mol. The van der Waals surface area contributed by atoms with Crippen molar-refractivity contribution in [2.75, 3.05) is 12.4 Å². The summed E-state index contributed by atoms with van der Waals surface area (Å²) in [7, 11) is 1.61. The van der Waals surface area contributed by atoms with Crippen molar-refractivity contribution in [2.45, 2.75) is 26.4 Å². The molecule has 0 bridgehead atoms. The number of anilines is 1. The van der Waals surface area contributed by atoms with E-state index in [9.17, 15) is 9.59 Å². The Bertz CT molecular complexity index is 996. The third-order valence-corrected chi connectivity index (χ3v) is 4.12. The number of carbonyl (C=O) groups is 2. The van der Waals surface area contributed by atoms with Gasteiger partial charge in [-0.15, -0.1) is 0 Å².